The number of likely N-dealkylation sites (tertiary alicyclic amines) is 1. The number of nitrogens with zero attached hydrogens (tertiary/aromatic N) is 2. The van der Waals surface area contributed by atoms with Crippen molar-refractivity contribution in [3.05, 3.63) is 64.1 Å². The lowest BCUT2D eigenvalue weighted by molar-refractivity contribution is 0.176. The second-order valence-electron chi connectivity index (χ2n) is 6.16. The minimum Gasteiger partial charge on any atom is -0.391 e. The number of rotatable bonds is 3. The van der Waals surface area contributed by atoms with Crippen LogP contribution in [0.4, 0.5) is 10.5 Å². The molecule has 2 heterocycles. The number of amides is 2. The van der Waals surface area contributed by atoms with E-state index in [4.69, 9.17) is 0 Å². The lowest BCUT2D eigenvalue weighted by Gasteiger charge is -2.16. The van der Waals surface area contributed by atoms with Crippen molar-refractivity contribution < 1.29 is 9.90 Å². The molecule has 6 heteroatoms. The maximum Gasteiger partial charge on any atom is 0.322 e. The third-order valence-electron chi connectivity index (χ3n) is 4.19. The van der Waals surface area contributed by atoms with Crippen LogP contribution in [0.3, 0.4) is 0 Å². The van der Waals surface area contributed by atoms with Gasteiger partial charge in [0.1, 0.15) is 5.69 Å². The molecule has 0 radical (unpaired) electrons. The van der Waals surface area contributed by atoms with Crippen LogP contribution >= 0.6 is 0 Å². The minimum absolute atomic E-state index is 0.244. The maximum absolute atomic E-state index is 12.5. The number of pyridine rings is 1. The molecule has 1 unspecified atom stereocenters. The molecule has 2 aromatic rings. The highest BCUT2D eigenvalue weighted by atomic mass is 16.3. The van der Waals surface area contributed by atoms with Crippen LogP contribution < -0.4 is 10.9 Å². The average molecular weight is 327 g/mol. The zero-order valence-corrected chi connectivity index (χ0v) is 13.6. The van der Waals surface area contributed by atoms with Crippen LogP contribution in [0.2, 0.25) is 0 Å². The summed E-state index contributed by atoms with van der Waals surface area (Å²) < 4.78 is 1.57. The predicted molar refractivity (Wildman–Crippen MR) is 92.2 cm³/mol. The van der Waals surface area contributed by atoms with E-state index in [1.54, 1.807) is 22.9 Å². The van der Waals surface area contributed by atoms with Gasteiger partial charge < -0.3 is 19.9 Å². The number of nitrogens with one attached hydrogen (secondary N) is 1. The van der Waals surface area contributed by atoms with E-state index in [1.165, 1.54) is 10.5 Å². The van der Waals surface area contributed by atoms with E-state index in [0.717, 1.165) is 5.56 Å². The van der Waals surface area contributed by atoms with Gasteiger partial charge in [0.15, 0.2) is 0 Å². The number of aliphatic hydroxyl groups is 1. The van der Waals surface area contributed by atoms with Crippen LogP contribution in [0.1, 0.15) is 17.5 Å². The Morgan fingerprint density at radius 1 is 1.29 bits per heavy atom. The molecule has 0 bridgehead atoms. The number of aliphatic hydroxyl groups excluding tert-OH is 1. The Hall–Kier alpha value is -2.60. The Morgan fingerprint density at radius 2 is 2.04 bits per heavy atom. The normalized spacial score (nSPS) is 17.1. The number of β-amino-alcohol motifs (C(OH)–C–C–N with tert-alkyl or cyclic N) is 1. The first-order valence-corrected chi connectivity index (χ1v) is 8.02. The summed E-state index contributed by atoms with van der Waals surface area (Å²) in [4.78, 5) is 26.2. The van der Waals surface area contributed by atoms with Gasteiger partial charge in [-0.05, 0) is 31.0 Å². The van der Waals surface area contributed by atoms with E-state index in [0.29, 0.717) is 26.1 Å². The molecule has 126 valence electrons. The predicted octanol–water partition coefficient (Wildman–Crippen LogP) is 1.80. The molecule has 24 heavy (non-hydrogen) atoms. The van der Waals surface area contributed by atoms with E-state index >= 15 is 0 Å². The summed E-state index contributed by atoms with van der Waals surface area (Å²) in [5.74, 6) is 0. The van der Waals surface area contributed by atoms with Gasteiger partial charge in [0.2, 0.25) is 0 Å². The fraction of sp³-hybridized carbons (Fsp3) is 0.333. The summed E-state index contributed by atoms with van der Waals surface area (Å²) in [5, 5.41) is 12.2. The van der Waals surface area contributed by atoms with Gasteiger partial charge in [0.05, 0.1) is 12.6 Å². The zero-order chi connectivity index (χ0) is 17.1. The van der Waals surface area contributed by atoms with Crippen LogP contribution in [0, 0.1) is 6.92 Å². The van der Waals surface area contributed by atoms with Crippen LogP contribution in [-0.2, 0) is 6.54 Å². The number of hydrogen-bond acceptors (Lipinski definition) is 3. The number of carbonyl (C=O) groups excluding carboxylic acids is 1. The van der Waals surface area contributed by atoms with E-state index in [9.17, 15) is 14.7 Å². The van der Waals surface area contributed by atoms with Crippen molar-refractivity contribution in [2.24, 2.45) is 0 Å². The molecule has 0 aliphatic carbocycles. The van der Waals surface area contributed by atoms with Gasteiger partial charge in [-0.3, -0.25) is 4.79 Å². The first kappa shape index (κ1) is 16.3. The van der Waals surface area contributed by atoms with Crippen molar-refractivity contribution in [3.63, 3.8) is 0 Å². The lowest BCUT2D eigenvalue weighted by atomic mass is 10.1. The largest absolute Gasteiger partial charge is 0.391 e. The van der Waals surface area contributed by atoms with E-state index in [1.807, 2.05) is 31.2 Å². The molecule has 0 spiro atoms. The Balaban J connectivity index is 1.74. The van der Waals surface area contributed by atoms with Crippen molar-refractivity contribution in [1.82, 2.24) is 9.47 Å². The summed E-state index contributed by atoms with van der Waals surface area (Å²) in [7, 11) is 0. The molecule has 2 N–H and O–H groups in total. The van der Waals surface area contributed by atoms with Gasteiger partial charge in [-0.2, -0.15) is 0 Å². The van der Waals surface area contributed by atoms with Gasteiger partial charge in [0.25, 0.3) is 5.56 Å². The molecule has 0 saturated carbocycles. The monoisotopic (exact) mass is 327 g/mol. The van der Waals surface area contributed by atoms with Crippen molar-refractivity contribution in [2.75, 3.05) is 18.4 Å². The third kappa shape index (κ3) is 3.65. The number of benzene rings is 1. The average Bonchev–Trinajstić information content (AvgIpc) is 3.00. The molecular weight excluding hydrogens is 306 g/mol. The maximum atomic E-state index is 12.5. The molecule has 2 amide bonds. The first-order valence-electron chi connectivity index (χ1n) is 8.02. The quantitative estimate of drug-likeness (QED) is 0.903. The molecule has 1 aliphatic heterocycles. The molecule has 1 aromatic heterocycles. The lowest BCUT2D eigenvalue weighted by Crippen LogP contribution is -2.36. The Labute approximate surface area is 140 Å². The van der Waals surface area contributed by atoms with E-state index < -0.39 is 6.10 Å². The van der Waals surface area contributed by atoms with E-state index in [-0.39, 0.29) is 17.3 Å². The van der Waals surface area contributed by atoms with Crippen molar-refractivity contribution in [1.29, 1.82) is 0 Å². The van der Waals surface area contributed by atoms with Crippen LogP contribution in [0.15, 0.2) is 47.4 Å². The van der Waals surface area contributed by atoms with Gasteiger partial charge >= 0.3 is 6.03 Å². The molecule has 6 nitrogen and oxygen atoms in total. The van der Waals surface area contributed by atoms with Crippen molar-refractivity contribution >= 4 is 11.7 Å². The standard InChI is InChI=1S/C18H21N3O3/c1-13-4-6-14(7-5-13)11-20-9-2-3-16(17(20)23)19-18(24)21-10-8-15(22)12-21/h2-7,9,15,22H,8,10-12H2,1H3,(H,19,24). The summed E-state index contributed by atoms with van der Waals surface area (Å²) in [6.07, 6.45) is 1.79. The summed E-state index contributed by atoms with van der Waals surface area (Å²) in [5.41, 5.74) is 2.19. The van der Waals surface area contributed by atoms with Gasteiger partial charge in [-0.1, -0.05) is 29.8 Å². The zero-order valence-electron chi connectivity index (χ0n) is 13.6. The number of carbonyl (C=O) groups is 1. The van der Waals surface area contributed by atoms with Gasteiger partial charge in [-0.15, -0.1) is 0 Å². The highest BCUT2D eigenvalue weighted by Gasteiger charge is 2.25. The number of urea groups is 1. The highest BCUT2D eigenvalue weighted by Crippen LogP contribution is 2.11. The number of hydrogen-bond donors (Lipinski definition) is 2. The number of aryl methyl sites for hydroxylation is 1. The summed E-state index contributed by atoms with van der Waals surface area (Å²) in [6.45, 7) is 3.26. The topological polar surface area (TPSA) is 74.6 Å². The smallest absolute Gasteiger partial charge is 0.322 e. The highest BCUT2D eigenvalue weighted by molar-refractivity contribution is 5.89. The van der Waals surface area contributed by atoms with Crippen LogP contribution in [0.25, 0.3) is 0 Å². The van der Waals surface area contributed by atoms with Crippen LogP contribution in [-0.4, -0.2) is 39.8 Å². The minimum atomic E-state index is -0.482. The molecule has 1 aliphatic rings. The Morgan fingerprint density at radius 3 is 2.71 bits per heavy atom. The molecule has 1 aromatic carbocycles. The van der Waals surface area contributed by atoms with E-state index in [2.05, 4.69) is 5.32 Å². The second-order valence-corrected chi connectivity index (χ2v) is 6.16. The Kier molecular flexibility index (Phi) is 4.66. The number of anilines is 1. The van der Waals surface area contributed by atoms with Crippen LogP contribution in [0.5, 0.6) is 0 Å². The third-order valence-corrected chi connectivity index (χ3v) is 4.19. The summed E-state index contributed by atoms with van der Waals surface area (Å²) in [6, 6.07) is 11.0. The first-order chi connectivity index (χ1) is 11.5. The molecule has 1 fully saturated rings. The van der Waals surface area contributed by atoms with Gasteiger partial charge in [-0.25, -0.2) is 4.79 Å². The molecular formula is C18H21N3O3. The summed E-state index contributed by atoms with van der Waals surface area (Å²) >= 11 is 0. The fourth-order valence-corrected chi connectivity index (χ4v) is 2.77. The molecule has 1 atom stereocenters. The molecule has 1 saturated heterocycles. The number of aromatic nitrogens is 1. The van der Waals surface area contributed by atoms with Crippen molar-refractivity contribution in [2.45, 2.75) is 26.0 Å². The second kappa shape index (κ2) is 6.88. The SMILES string of the molecule is Cc1ccc(Cn2cccc(NC(=O)N3CCC(O)C3)c2=O)cc1. The Bertz CT molecular complexity index is 783. The molecule has 3 rings (SSSR count). The van der Waals surface area contributed by atoms with Crippen molar-refractivity contribution in [3.8, 4) is 0 Å². The fourth-order valence-electron chi connectivity index (χ4n) is 2.77. The van der Waals surface area contributed by atoms with Gasteiger partial charge in [0, 0.05) is 19.3 Å².